The van der Waals surface area contributed by atoms with Gasteiger partial charge in [-0.25, -0.2) is 4.79 Å². The zero-order chi connectivity index (χ0) is 18.2. The minimum absolute atomic E-state index is 0.102. The number of nitrogens with zero attached hydrogens (tertiary/aromatic N) is 2. The van der Waals surface area contributed by atoms with E-state index in [-0.39, 0.29) is 25.0 Å². The molecule has 2 rings (SSSR count). The van der Waals surface area contributed by atoms with E-state index >= 15 is 0 Å². The van der Waals surface area contributed by atoms with Gasteiger partial charge in [0.1, 0.15) is 0 Å². The standard InChI is InChI=1S/C18H20ClN3O3/c1-22(11-9-17(23)24)18(25)21-16(15-4-2-3-10-20-15)12-13-5-7-14(19)8-6-13/h2-8,10,16H,9,11-12H2,1H3,(H,21,25)(H,23,24). The summed E-state index contributed by atoms with van der Waals surface area (Å²) in [5.41, 5.74) is 1.74. The average molecular weight is 362 g/mol. The van der Waals surface area contributed by atoms with Crippen LogP contribution < -0.4 is 5.32 Å². The Morgan fingerprint density at radius 2 is 1.96 bits per heavy atom. The van der Waals surface area contributed by atoms with Crippen LogP contribution in [0.25, 0.3) is 0 Å². The lowest BCUT2D eigenvalue weighted by Gasteiger charge is -2.23. The first-order valence-electron chi connectivity index (χ1n) is 7.84. The summed E-state index contributed by atoms with van der Waals surface area (Å²) < 4.78 is 0. The van der Waals surface area contributed by atoms with Gasteiger partial charge in [-0.1, -0.05) is 29.8 Å². The minimum atomic E-state index is -0.943. The molecule has 0 bridgehead atoms. The van der Waals surface area contributed by atoms with Crippen LogP contribution in [0.15, 0.2) is 48.7 Å². The van der Waals surface area contributed by atoms with Crippen LogP contribution in [0.2, 0.25) is 5.02 Å². The quantitative estimate of drug-likeness (QED) is 0.793. The summed E-state index contributed by atoms with van der Waals surface area (Å²) >= 11 is 5.91. The van der Waals surface area contributed by atoms with Crippen molar-refractivity contribution in [3.8, 4) is 0 Å². The van der Waals surface area contributed by atoms with Gasteiger partial charge in [0.2, 0.25) is 0 Å². The van der Waals surface area contributed by atoms with Crippen molar-refractivity contribution in [2.45, 2.75) is 18.9 Å². The van der Waals surface area contributed by atoms with Gasteiger partial charge in [0.05, 0.1) is 18.2 Å². The number of hydrogen-bond acceptors (Lipinski definition) is 3. The van der Waals surface area contributed by atoms with Crippen molar-refractivity contribution >= 4 is 23.6 Å². The predicted molar refractivity (Wildman–Crippen MR) is 95.5 cm³/mol. The van der Waals surface area contributed by atoms with Crippen LogP contribution in [0.4, 0.5) is 4.79 Å². The summed E-state index contributed by atoms with van der Waals surface area (Å²) in [6, 6.07) is 12.2. The Bertz CT molecular complexity index is 707. The second-order valence-electron chi connectivity index (χ2n) is 5.65. The predicted octanol–water partition coefficient (Wildman–Crippen LogP) is 3.13. The highest BCUT2D eigenvalue weighted by Crippen LogP contribution is 2.18. The number of hydrogen-bond donors (Lipinski definition) is 2. The molecule has 0 aliphatic heterocycles. The van der Waals surface area contributed by atoms with Gasteiger partial charge >= 0.3 is 12.0 Å². The maximum Gasteiger partial charge on any atom is 0.317 e. The monoisotopic (exact) mass is 361 g/mol. The maximum atomic E-state index is 12.4. The molecule has 1 heterocycles. The van der Waals surface area contributed by atoms with Gasteiger partial charge < -0.3 is 15.3 Å². The maximum absolute atomic E-state index is 12.4. The van der Waals surface area contributed by atoms with Crippen molar-refractivity contribution < 1.29 is 14.7 Å². The van der Waals surface area contributed by atoms with E-state index in [2.05, 4.69) is 10.3 Å². The van der Waals surface area contributed by atoms with E-state index < -0.39 is 5.97 Å². The molecule has 2 aromatic rings. The molecule has 0 aliphatic carbocycles. The molecule has 0 saturated heterocycles. The van der Waals surface area contributed by atoms with Crippen molar-refractivity contribution in [3.05, 3.63) is 64.9 Å². The minimum Gasteiger partial charge on any atom is -0.481 e. The molecule has 0 fully saturated rings. The molecule has 7 heteroatoms. The molecule has 1 aromatic carbocycles. The number of urea groups is 1. The average Bonchev–Trinajstić information content (AvgIpc) is 2.61. The van der Waals surface area contributed by atoms with Crippen molar-refractivity contribution in [2.75, 3.05) is 13.6 Å². The number of benzene rings is 1. The first-order valence-corrected chi connectivity index (χ1v) is 8.22. The number of amides is 2. The van der Waals surface area contributed by atoms with E-state index in [1.165, 1.54) is 4.90 Å². The topological polar surface area (TPSA) is 82.5 Å². The normalized spacial score (nSPS) is 11.6. The fourth-order valence-electron chi connectivity index (χ4n) is 2.29. The molecule has 25 heavy (non-hydrogen) atoms. The van der Waals surface area contributed by atoms with Crippen LogP contribution in [0, 0.1) is 0 Å². The molecule has 6 nitrogen and oxygen atoms in total. The molecular formula is C18H20ClN3O3. The smallest absolute Gasteiger partial charge is 0.317 e. The van der Waals surface area contributed by atoms with Gasteiger partial charge in [-0.3, -0.25) is 9.78 Å². The number of carbonyl (C=O) groups excluding carboxylic acids is 1. The Morgan fingerprint density at radius 3 is 2.56 bits per heavy atom. The van der Waals surface area contributed by atoms with Crippen molar-refractivity contribution in [1.29, 1.82) is 0 Å². The SMILES string of the molecule is CN(CCC(=O)O)C(=O)NC(Cc1ccc(Cl)cc1)c1ccccn1. The second-order valence-corrected chi connectivity index (χ2v) is 6.09. The Hall–Kier alpha value is -2.60. The molecule has 2 N–H and O–H groups in total. The molecule has 1 aromatic heterocycles. The molecular weight excluding hydrogens is 342 g/mol. The van der Waals surface area contributed by atoms with E-state index in [0.29, 0.717) is 11.4 Å². The zero-order valence-corrected chi connectivity index (χ0v) is 14.6. The number of halogens is 1. The van der Waals surface area contributed by atoms with Gasteiger partial charge in [-0.15, -0.1) is 0 Å². The molecule has 0 saturated carbocycles. The van der Waals surface area contributed by atoms with E-state index in [9.17, 15) is 9.59 Å². The number of carboxylic acid groups (broad SMARTS) is 1. The lowest BCUT2D eigenvalue weighted by molar-refractivity contribution is -0.137. The molecule has 132 valence electrons. The first-order chi connectivity index (χ1) is 12.0. The largest absolute Gasteiger partial charge is 0.481 e. The number of aliphatic carboxylic acids is 1. The molecule has 1 unspecified atom stereocenters. The van der Waals surface area contributed by atoms with Gasteiger partial charge in [0, 0.05) is 24.8 Å². The lowest BCUT2D eigenvalue weighted by Crippen LogP contribution is -2.41. The van der Waals surface area contributed by atoms with Gasteiger partial charge in [-0.2, -0.15) is 0 Å². The number of rotatable bonds is 7. The van der Waals surface area contributed by atoms with Crippen LogP contribution in [-0.4, -0.2) is 40.6 Å². The number of carbonyl (C=O) groups is 2. The Labute approximate surface area is 151 Å². The van der Waals surface area contributed by atoms with Crippen LogP contribution in [0.1, 0.15) is 23.7 Å². The van der Waals surface area contributed by atoms with Gasteiger partial charge in [-0.05, 0) is 36.2 Å². The van der Waals surface area contributed by atoms with Crippen LogP contribution in [0.3, 0.4) is 0 Å². The summed E-state index contributed by atoms with van der Waals surface area (Å²) in [6.45, 7) is 0.136. The van der Waals surface area contributed by atoms with Gasteiger partial charge in [0.15, 0.2) is 0 Å². The summed E-state index contributed by atoms with van der Waals surface area (Å²) in [5, 5.41) is 12.3. The van der Waals surface area contributed by atoms with Crippen molar-refractivity contribution in [2.24, 2.45) is 0 Å². The van der Waals surface area contributed by atoms with Gasteiger partial charge in [0.25, 0.3) is 0 Å². The highest BCUT2D eigenvalue weighted by atomic mass is 35.5. The Kier molecular flexibility index (Phi) is 6.77. The van der Waals surface area contributed by atoms with E-state index in [1.807, 2.05) is 30.3 Å². The fraction of sp³-hybridized carbons (Fsp3) is 0.278. The number of aromatic nitrogens is 1. The van der Waals surface area contributed by atoms with Crippen LogP contribution in [-0.2, 0) is 11.2 Å². The molecule has 1 atom stereocenters. The van der Waals surface area contributed by atoms with Crippen LogP contribution >= 0.6 is 11.6 Å². The van der Waals surface area contributed by atoms with Crippen LogP contribution in [0.5, 0.6) is 0 Å². The summed E-state index contributed by atoms with van der Waals surface area (Å²) in [7, 11) is 1.57. The summed E-state index contributed by atoms with van der Waals surface area (Å²) in [4.78, 5) is 28.7. The summed E-state index contributed by atoms with van der Waals surface area (Å²) in [5.74, 6) is -0.943. The highest BCUT2D eigenvalue weighted by molar-refractivity contribution is 6.30. The number of pyridine rings is 1. The zero-order valence-electron chi connectivity index (χ0n) is 13.9. The Balaban J connectivity index is 2.10. The molecule has 2 amide bonds. The Morgan fingerprint density at radius 1 is 1.24 bits per heavy atom. The lowest BCUT2D eigenvalue weighted by atomic mass is 10.0. The third kappa shape index (κ3) is 6.08. The third-order valence-electron chi connectivity index (χ3n) is 3.70. The van der Waals surface area contributed by atoms with Crippen molar-refractivity contribution in [1.82, 2.24) is 15.2 Å². The molecule has 0 spiro atoms. The number of nitrogens with one attached hydrogen (secondary N) is 1. The second kappa shape index (κ2) is 9.03. The van der Waals surface area contributed by atoms with E-state index in [4.69, 9.17) is 16.7 Å². The molecule has 0 aliphatic rings. The fourth-order valence-corrected chi connectivity index (χ4v) is 2.42. The van der Waals surface area contributed by atoms with E-state index in [0.717, 1.165) is 11.3 Å². The molecule has 0 radical (unpaired) electrons. The summed E-state index contributed by atoms with van der Waals surface area (Å²) in [6.07, 6.45) is 2.12. The van der Waals surface area contributed by atoms with E-state index in [1.54, 1.807) is 25.4 Å². The highest BCUT2D eigenvalue weighted by Gasteiger charge is 2.19. The third-order valence-corrected chi connectivity index (χ3v) is 3.96. The first kappa shape index (κ1) is 18.7. The van der Waals surface area contributed by atoms with Crippen molar-refractivity contribution in [3.63, 3.8) is 0 Å². The number of carboxylic acids is 1.